The lowest BCUT2D eigenvalue weighted by molar-refractivity contribution is 0.0946. The molecule has 2 heteroatoms. The first-order chi connectivity index (χ1) is 8.16. The van der Waals surface area contributed by atoms with Crippen molar-refractivity contribution in [1.29, 1.82) is 0 Å². The summed E-state index contributed by atoms with van der Waals surface area (Å²) in [4.78, 5) is 12.1. The zero-order valence-corrected chi connectivity index (χ0v) is 11.5. The van der Waals surface area contributed by atoms with Gasteiger partial charge in [-0.3, -0.25) is 4.79 Å². The number of halogens is 1. The van der Waals surface area contributed by atoms with Gasteiger partial charge in [-0.05, 0) is 60.3 Å². The Balaban J connectivity index is 1.99. The van der Waals surface area contributed by atoms with Crippen LogP contribution in [0.5, 0.6) is 0 Å². The lowest BCUT2D eigenvalue weighted by Crippen LogP contribution is -2.05. The maximum atomic E-state index is 12.1. The van der Waals surface area contributed by atoms with Gasteiger partial charge in [-0.1, -0.05) is 22.9 Å². The molecule has 0 radical (unpaired) electrons. The SMILES string of the molecule is CC1Cc2c(cc3c(c2Br)C2CCC3C2)C1=O. The summed E-state index contributed by atoms with van der Waals surface area (Å²) in [6.07, 6.45) is 4.92. The molecule has 0 aromatic heterocycles. The average molecular weight is 291 g/mol. The molecule has 0 amide bonds. The van der Waals surface area contributed by atoms with Gasteiger partial charge < -0.3 is 0 Å². The minimum atomic E-state index is 0.182. The van der Waals surface area contributed by atoms with Crippen molar-refractivity contribution in [1.82, 2.24) is 0 Å². The summed E-state index contributed by atoms with van der Waals surface area (Å²) in [7, 11) is 0. The summed E-state index contributed by atoms with van der Waals surface area (Å²) in [5, 5.41) is 0. The molecular formula is C15H15BrO. The van der Waals surface area contributed by atoms with Gasteiger partial charge in [-0.2, -0.15) is 0 Å². The zero-order chi connectivity index (χ0) is 11.7. The van der Waals surface area contributed by atoms with Crippen molar-refractivity contribution >= 4 is 21.7 Å². The summed E-state index contributed by atoms with van der Waals surface area (Å²) in [5.74, 6) is 2.04. The van der Waals surface area contributed by atoms with Gasteiger partial charge in [0.25, 0.3) is 0 Å². The van der Waals surface area contributed by atoms with Gasteiger partial charge in [-0.15, -0.1) is 0 Å². The van der Waals surface area contributed by atoms with Crippen LogP contribution < -0.4 is 0 Å². The van der Waals surface area contributed by atoms with E-state index < -0.39 is 0 Å². The molecule has 1 saturated carbocycles. The lowest BCUT2D eigenvalue weighted by atomic mass is 9.88. The van der Waals surface area contributed by atoms with Crippen LogP contribution >= 0.6 is 15.9 Å². The third-order valence-electron chi connectivity index (χ3n) is 4.94. The first kappa shape index (κ1) is 10.3. The monoisotopic (exact) mass is 290 g/mol. The lowest BCUT2D eigenvalue weighted by Gasteiger charge is -2.19. The normalized spacial score (nSPS) is 33.1. The van der Waals surface area contributed by atoms with Crippen LogP contribution in [0.25, 0.3) is 0 Å². The van der Waals surface area contributed by atoms with E-state index in [1.165, 1.54) is 34.9 Å². The topological polar surface area (TPSA) is 17.1 Å². The van der Waals surface area contributed by atoms with Crippen LogP contribution in [0, 0.1) is 5.92 Å². The molecule has 0 spiro atoms. The number of rotatable bonds is 0. The van der Waals surface area contributed by atoms with E-state index in [1.54, 1.807) is 5.56 Å². The number of carbonyl (C=O) groups is 1. The summed E-state index contributed by atoms with van der Waals surface area (Å²) < 4.78 is 1.27. The Bertz CT molecular complexity index is 546. The number of hydrogen-bond acceptors (Lipinski definition) is 1. The highest BCUT2D eigenvalue weighted by Crippen LogP contribution is 2.56. The fraction of sp³-hybridized carbons (Fsp3) is 0.533. The van der Waals surface area contributed by atoms with Crippen molar-refractivity contribution in [2.75, 3.05) is 0 Å². The second-order valence-electron chi connectivity index (χ2n) is 5.90. The quantitative estimate of drug-likeness (QED) is 0.700. The number of ketones is 1. The minimum Gasteiger partial charge on any atom is -0.294 e. The van der Waals surface area contributed by atoms with Gasteiger partial charge in [0.2, 0.25) is 0 Å². The predicted molar refractivity (Wildman–Crippen MR) is 70.7 cm³/mol. The Labute approximate surface area is 110 Å². The van der Waals surface area contributed by atoms with Gasteiger partial charge in [-0.25, -0.2) is 0 Å². The van der Waals surface area contributed by atoms with Crippen molar-refractivity contribution in [2.45, 2.75) is 44.4 Å². The summed E-state index contributed by atoms with van der Waals surface area (Å²) >= 11 is 3.79. The molecule has 17 heavy (non-hydrogen) atoms. The van der Waals surface area contributed by atoms with E-state index in [9.17, 15) is 4.79 Å². The van der Waals surface area contributed by atoms with E-state index in [0.717, 1.165) is 23.8 Å². The van der Waals surface area contributed by atoms with Gasteiger partial charge >= 0.3 is 0 Å². The van der Waals surface area contributed by atoms with Crippen molar-refractivity contribution in [2.24, 2.45) is 5.92 Å². The van der Waals surface area contributed by atoms with E-state index >= 15 is 0 Å². The Kier molecular flexibility index (Phi) is 1.96. The molecule has 0 heterocycles. The number of carbonyl (C=O) groups excluding carboxylic acids is 1. The molecule has 0 aliphatic heterocycles. The molecule has 1 fully saturated rings. The third-order valence-corrected chi connectivity index (χ3v) is 5.85. The number of fused-ring (bicyclic) bond motifs is 6. The molecule has 1 nitrogen and oxygen atoms in total. The van der Waals surface area contributed by atoms with Crippen LogP contribution in [0.4, 0.5) is 0 Å². The smallest absolute Gasteiger partial charge is 0.166 e. The van der Waals surface area contributed by atoms with E-state index in [2.05, 4.69) is 28.9 Å². The van der Waals surface area contributed by atoms with Crippen LogP contribution in [0.2, 0.25) is 0 Å². The molecule has 3 aliphatic carbocycles. The largest absolute Gasteiger partial charge is 0.294 e. The molecule has 3 atom stereocenters. The predicted octanol–water partition coefficient (Wildman–Crippen LogP) is 4.19. The van der Waals surface area contributed by atoms with Crippen molar-refractivity contribution in [3.05, 3.63) is 32.8 Å². The van der Waals surface area contributed by atoms with Crippen LogP contribution in [0.3, 0.4) is 0 Å². The average Bonchev–Trinajstić information content (AvgIpc) is 2.97. The maximum Gasteiger partial charge on any atom is 0.166 e. The van der Waals surface area contributed by atoms with Crippen molar-refractivity contribution in [3.8, 4) is 0 Å². The first-order valence-electron chi connectivity index (χ1n) is 6.56. The molecule has 0 saturated heterocycles. The van der Waals surface area contributed by atoms with E-state index in [1.807, 2.05) is 0 Å². The fourth-order valence-corrected chi connectivity index (χ4v) is 5.02. The highest BCUT2D eigenvalue weighted by molar-refractivity contribution is 9.10. The first-order valence-corrected chi connectivity index (χ1v) is 7.35. The van der Waals surface area contributed by atoms with Crippen LogP contribution in [-0.4, -0.2) is 5.78 Å². The zero-order valence-electron chi connectivity index (χ0n) is 9.92. The minimum absolute atomic E-state index is 0.182. The highest BCUT2D eigenvalue weighted by atomic mass is 79.9. The molecule has 1 aromatic carbocycles. The number of benzene rings is 1. The fourth-order valence-electron chi connectivity index (χ4n) is 4.09. The van der Waals surface area contributed by atoms with Crippen molar-refractivity contribution in [3.63, 3.8) is 0 Å². The molecule has 0 N–H and O–H groups in total. The molecule has 3 aliphatic rings. The van der Waals surface area contributed by atoms with Crippen LogP contribution in [0.1, 0.15) is 65.1 Å². The van der Waals surface area contributed by atoms with E-state index in [0.29, 0.717) is 5.78 Å². The Hall–Kier alpha value is -0.630. The van der Waals surface area contributed by atoms with Crippen molar-refractivity contribution < 1.29 is 4.79 Å². The molecule has 88 valence electrons. The van der Waals surface area contributed by atoms with Gasteiger partial charge in [0.05, 0.1) is 0 Å². The molecule has 2 bridgehead atoms. The van der Waals surface area contributed by atoms with Gasteiger partial charge in [0.1, 0.15) is 0 Å². The Morgan fingerprint density at radius 2 is 2.06 bits per heavy atom. The van der Waals surface area contributed by atoms with E-state index in [-0.39, 0.29) is 5.92 Å². The molecule has 3 unspecified atom stereocenters. The number of Topliss-reactive ketones (excluding diaryl/α,β-unsaturated/α-hetero) is 1. The number of hydrogen-bond donors (Lipinski definition) is 0. The molecule has 1 aromatic rings. The van der Waals surface area contributed by atoms with Crippen LogP contribution in [-0.2, 0) is 6.42 Å². The maximum absolute atomic E-state index is 12.1. The third kappa shape index (κ3) is 1.17. The molecular weight excluding hydrogens is 276 g/mol. The summed E-state index contributed by atoms with van der Waals surface area (Å²) in [6.45, 7) is 2.05. The van der Waals surface area contributed by atoms with Gasteiger partial charge in [0.15, 0.2) is 5.78 Å². The second kappa shape index (κ2) is 3.23. The Morgan fingerprint density at radius 3 is 2.88 bits per heavy atom. The molecule has 4 rings (SSSR count). The highest BCUT2D eigenvalue weighted by Gasteiger charge is 2.41. The van der Waals surface area contributed by atoms with E-state index in [4.69, 9.17) is 0 Å². The second-order valence-corrected chi connectivity index (χ2v) is 6.69. The van der Waals surface area contributed by atoms with Crippen LogP contribution in [0.15, 0.2) is 10.5 Å². The summed E-state index contributed by atoms with van der Waals surface area (Å²) in [6, 6.07) is 2.23. The van der Waals surface area contributed by atoms with Gasteiger partial charge in [0, 0.05) is 16.0 Å². The standard InChI is InChI=1S/C15H15BrO/c1-7-4-11-12(15(7)17)6-10-8-2-3-9(5-8)13(10)14(11)16/h6-9H,2-5H2,1H3. The Morgan fingerprint density at radius 1 is 1.29 bits per heavy atom. The summed E-state index contributed by atoms with van der Waals surface area (Å²) in [5.41, 5.74) is 5.32.